The number of halogens is 1. The first-order valence-corrected chi connectivity index (χ1v) is 5.98. The number of ether oxygens (including phenoxy) is 1. The van der Waals surface area contributed by atoms with Gasteiger partial charge in [-0.1, -0.05) is 18.2 Å². The molecule has 0 fully saturated rings. The van der Waals surface area contributed by atoms with Gasteiger partial charge in [0, 0.05) is 5.39 Å². The Morgan fingerprint density at radius 3 is 2.80 bits per heavy atom. The van der Waals surface area contributed by atoms with Crippen molar-refractivity contribution in [3.63, 3.8) is 0 Å². The number of para-hydroxylation sites is 1. The molecular formula is C16H9FN2O. The molecule has 0 amide bonds. The number of benzene rings is 2. The van der Waals surface area contributed by atoms with E-state index in [1.165, 1.54) is 12.1 Å². The lowest BCUT2D eigenvalue weighted by Gasteiger charge is -2.07. The standard InChI is InChI=1S/C16H9FN2O/c17-13-5-6-16(12(7-13)9-18)20-14-8-11-3-1-2-4-15(11)19-10-14/h1-8,10H. The van der Waals surface area contributed by atoms with Crippen LogP contribution in [0.5, 0.6) is 11.5 Å². The molecule has 0 spiro atoms. The molecule has 3 rings (SSSR count). The lowest BCUT2D eigenvalue weighted by Crippen LogP contribution is -1.90. The summed E-state index contributed by atoms with van der Waals surface area (Å²) in [6, 6.07) is 15.2. The highest BCUT2D eigenvalue weighted by atomic mass is 19.1. The minimum atomic E-state index is -0.467. The van der Waals surface area contributed by atoms with Crippen LogP contribution in [0.3, 0.4) is 0 Å². The third kappa shape index (κ3) is 2.29. The molecule has 0 N–H and O–H groups in total. The summed E-state index contributed by atoms with van der Waals surface area (Å²) >= 11 is 0. The van der Waals surface area contributed by atoms with Gasteiger partial charge in [-0.15, -0.1) is 0 Å². The molecule has 0 aliphatic carbocycles. The number of aromatic nitrogens is 1. The third-order valence-corrected chi connectivity index (χ3v) is 2.86. The molecule has 0 radical (unpaired) electrons. The van der Waals surface area contributed by atoms with E-state index in [9.17, 15) is 4.39 Å². The monoisotopic (exact) mass is 264 g/mol. The molecule has 0 atom stereocenters. The second kappa shape index (κ2) is 4.98. The summed E-state index contributed by atoms with van der Waals surface area (Å²) in [5.41, 5.74) is 1.01. The van der Waals surface area contributed by atoms with E-state index >= 15 is 0 Å². The predicted molar refractivity (Wildman–Crippen MR) is 72.9 cm³/mol. The zero-order valence-corrected chi connectivity index (χ0v) is 10.4. The van der Waals surface area contributed by atoms with Gasteiger partial charge >= 0.3 is 0 Å². The molecule has 3 nitrogen and oxygen atoms in total. The first kappa shape index (κ1) is 12.1. The van der Waals surface area contributed by atoms with Crippen LogP contribution < -0.4 is 4.74 Å². The second-order valence-electron chi connectivity index (χ2n) is 4.22. The van der Waals surface area contributed by atoms with Crippen molar-refractivity contribution in [3.8, 4) is 17.6 Å². The Bertz CT molecular complexity index is 824. The maximum absolute atomic E-state index is 13.1. The molecule has 0 saturated carbocycles. The van der Waals surface area contributed by atoms with E-state index in [0.29, 0.717) is 11.5 Å². The van der Waals surface area contributed by atoms with Crippen LogP contribution in [0.25, 0.3) is 10.9 Å². The minimum absolute atomic E-state index is 0.151. The summed E-state index contributed by atoms with van der Waals surface area (Å²) in [7, 11) is 0. The molecular weight excluding hydrogens is 255 g/mol. The van der Waals surface area contributed by atoms with Crippen LogP contribution in [0, 0.1) is 17.1 Å². The number of nitriles is 1. The Balaban J connectivity index is 1.99. The Labute approximate surface area is 114 Å². The Kier molecular flexibility index (Phi) is 3.02. The maximum atomic E-state index is 13.1. The van der Waals surface area contributed by atoms with Gasteiger partial charge in [0.05, 0.1) is 17.3 Å². The van der Waals surface area contributed by atoms with Crippen molar-refractivity contribution in [3.05, 3.63) is 66.1 Å². The average Bonchev–Trinajstić information content (AvgIpc) is 2.49. The topological polar surface area (TPSA) is 45.9 Å². The highest BCUT2D eigenvalue weighted by Crippen LogP contribution is 2.27. The Morgan fingerprint density at radius 1 is 1.10 bits per heavy atom. The summed E-state index contributed by atoms with van der Waals surface area (Å²) in [5, 5.41) is 9.92. The van der Waals surface area contributed by atoms with Gasteiger partial charge in [-0.3, -0.25) is 4.98 Å². The fourth-order valence-corrected chi connectivity index (χ4v) is 1.91. The molecule has 0 aliphatic rings. The number of pyridine rings is 1. The summed E-state index contributed by atoms with van der Waals surface area (Å²) in [6.07, 6.45) is 1.58. The van der Waals surface area contributed by atoms with E-state index in [-0.39, 0.29) is 5.56 Å². The Hall–Kier alpha value is -2.93. The molecule has 0 saturated heterocycles. The van der Waals surface area contributed by atoms with E-state index in [1.54, 1.807) is 6.20 Å². The van der Waals surface area contributed by atoms with Crippen molar-refractivity contribution < 1.29 is 9.13 Å². The zero-order chi connectivity index (χ0) is 13.9. The quantitative estimate of drug-likeness (QED) is 0.701. The molecule has 0 unspecified atom stereocenters. The molecule has 0 bridgehead atoms. The number of fused-ring (bicyclic) bond motifs is 1. The lowest BCUT2D eigenvalue weighted by atomic mass is 10.2. The van der Waals surface area contributed by atoms with Crippen molar-refractivity contribution in [1.82, 2.24) is 4.98 Å². The molecule has 3 aromatic rings. The molecule has 20 heavy (non-hydrogen) atoms. The van der Waals surface area contributed by atoms with Crippen molar-refractivity contribution in [2.75, 3.05) is 0 Å². The van der Waals surface area contributed by atoms with E-state index in [0.717, 1.165) is 17.0 Å². The molecule has 1 heterocycles. The van der Waals surface area contributed by atoms with Crippen molar-refractivity contribution in [1.29, 1.82) is 5.26 Å². The van der Waals surface area contributed by atoms with Crippen molar-refractivity contribution in [2.45, 2.75) is 0 Å². The van der Waals surface area contributed by atoms with Crippen LogP contribution in [-0.4, -0.2) is 4.98 Å². The van der Waals surface area contributed by atoms with Gasteiger partial charge < -0.3 is 4.74 Å². The van der Waals surface area contributed by atoms with E-state index in [2.05, 4.69) is 4.98 Å². The number of hydrogen-bond acceptors (Lipinski definition) is 3. The van der Waals surface area contributed by atoms with Crippen LogP contribution in [0.2, 0.25) is 0 Å². The van der Waals surface area contributed by atoms with Crippen molar-refractivity contribution in [2.24, 2.45) is 0 Å². The normalized spacial score (nSPS) is 10.2. The fourth-order valence-electron chi connectivity index (χ4n) is 1.91. The number of rotatable bonds is 2. The molecule has 2 aromatic carbocycles. The van der Waals surface area contributed by atoms with Gasteiger partial charge in [0.2, 0.25) is 0 Å². The first-order valence-electron chi connectivity index (χ1n) is 5.98. The fraction of sp³-hybridized carbons (Fsp3) is 0. The summed E-state index contributed by atoms with van der Waals surface area (Å²) < 4.78 is 18.7. The molecule has 4 heteroatoms. The lowest BCUT2D eigenvalue weighted by molar-refractivity contribution is 0.477. The highest BCUT2D eigenvalue weighted by Gasteiger charge is 2.07. The van der Waals surface area contributed by atoms with E-state index < -0.39 is 5.82 Å². The molecule has 96 valence electrons. The second-order valence-corrected chi connectivity index (χ2v) is 4.22. The predicted octanol–water partition coefficient (Wildman–Crippen LogP) is 4.04. The zero-order valence-electron chi connectivity index (χ0n) is 10.4. The summed E-state index contributed by atoms with van der Waals surface area (Å²) in [5.74, 6) is 0.350. The smallest absolute Gasteiger partial charge is 0.146 e. The third-order valence-electron chi connectivity index (χ3n) is 2.86. The van der Waals surface area contributed by atoms with E-state index in [1.807, 2.05) is 36.4 Å². The summed E-state index contributed by atoms with van der Waals surface area (Å²) in [4.78, 5) is 4.27. The van der Waals surface area contributed by atoms with Gasteiger partial charge in [-0.05, 0) is 30.3 Å². The average molecular weight is 264 g/mol. The molecule has 1 aromatic heterocycles. The summed E-state index contributed by atoms with van der Waals surface area (Å²) in [6.45, 7) is 0. The molecule has 0 aliphatic heterocycles. The maximum Gasteiger partial charge on any atom is 0.146 e. The first-order chi connectivity index (χ1) is 9.76. The highest BCUT2D eigenvalue weighted by molar-refractivity contribution is 5.79. The van der Waals surface area contributed by atoms with Gasteiger partial charge in [0.15, 0.2) is 0 Å². The number of hydrogen-bond donors (Lipinski definition) is 0. The van der Waals surface area contributed by atoms with Gasteiger partial charge in [-0.2, -0.15) is 5.26 Å². The van der Waals surface area contributed by atoms with E-state index in [4.69, 9.17) is 10.00 Å². The van der Waals surface area contributed by atoms with Crippen LogP contribution in [0.15, 0.2) is 54.7 Å². The van der Waals surface area contributed by atoms with Gasteiger partial charge in [0.25, 0.3) is 0 Å². The van der Waals surface area contributed by atoms with Crippen molar-refractivity contribution >= 4 is 10.9 Å². The van der Waals surface area contributed by atoms with Crippen LogP contribution in [-0.2, 0) is 0 Å². The number of nitrogens with zero attached hydrogens (tertiary/aromatic N) is 2. The van der Waals surface area contributed by atoms with Gasteiger partial charge in [0.1, 0.15) is 23.4 Å². The largest absolute Gasteiger partial charge is 0.454 e. The van der Waals surface area contributed by atoms with Gasteiger partial charge in [-0.25, -0.2) is 4.39 Å². The SMILES string of the molecule is N#Cc1cc(F)ccc1Oc1cnc2ccccc2c1. The van der Waals surface area contributed by atoms with Crippen LogP contribution >= 0.6 is 0 Å². The van der Waals surface area contributed by atoms with Crippen LogP contribution in [0.4, 0.5) is 4.39 Å². The Morgan fingerprint density at radius 2 is 1.95 bits per heavy atom. The van der Waals surface area contributed by atoms with Crippen LogP contribution in [0.1, 0.15) is 5.56 Å². The minimum Gasteiger partial charge on any atom is -0.454 e.